The number of morpholine rings is 1. The van der Waals surface area contributed by atoms with E-state index in [0.29, 0.717) is 0 Å². The molecule has 3 rings (SSSR count). The minimum Gasteiger partial charge on any atom is -0.378 e. The van der Waals surface area contributed by atoms with Gasteiger partial charge < -0.3 is 9.64 Å². The van der Waals surface area contributed by atoms with Gasteiger partial charge in [0.1, 0.15) is 0 Å². The Morgan fingerprint density at radius 1 is 1.13 bits per heavy atom. The number of nitrogens with zero attached hydrogens (tertiary/aromatic N) is 4. The fourth-order valence-electron chi connectivity index (χ4n) is 2.55. The van der Waals surface area contributed by atoms with Crippen LogP contribution in [0.4, 0.5) is 5.95 Å². The molecule has 1 aliphatic heterocycles. The van der Waals surface area contributed by atoms with Crippen LogP contribution in [0.1, 0.15) is 25.3 Å². The van der Waals surface area contributed by atoms with Crippen molar-refractivity contribution in [2.75, 3.05) is 37.0 Å². The third kappa shape index (κ3) is 3.87. The van der Waals surface area contributed by atoms with E-state index >= 15 is 0 Å². The van der Waals surface area contributed by atoms with Crippen LogP contribution in [-0.4, -0.2) is 46.8 Å². The molecule has 0 N–H and O–H groups in total. The van der Waals surface area contributed by atoms with Gasteiger partial charge in [-0.05, 0) is 25.5 Å². The maximum absolute atomic E-state index is 5.46. The number of rotatable bonds is 6. The molecule has 1 fully saturated rings. The molecule has 0 aliphatic carbocycles. The number of ether oxygens (including phenoxy) is 1. The van der Waals surface area contributed by atoms with Crippen molar-refractivity contribution >= 4 is 17.7 Å². The summed E-state index contributed by atoms with van der Waals surface area (Å²) in [7, 11) is 0. The molecule has 0 radical (unpaired) electrons. The molecule has 23 heavy (non-hydrogen) atoms. The summed E-state index contributed by atoms with van der Waals surface area (Å²) in [5.74, 6) is 2.00. The molecule has 6 heteroatoms. The Bertz CT molecular complexity index is 620. The Balaban J connectivity index is 1.93. The largest absolute Gasteiger partial charge is 0.378 e. The molecule has 0 bridgehead atoms. The van der Waals surface area contributed by atoms with E-state index in [4.69, 9.17) is 4.74 Å². The zero-order valence-electron chi connectivity index (χ0n) is 13.9. The molecule has 2 heterocycles. The lowest BCUT2D eigenvalue weighted by atomic mass is 10.2. The van der Waals surface area contributed by atoms with Gasteiger partial charge in [-0.3, -0.25) is 4.57 Å². The number of hydrogen-bond donors (Lipinski definition) is 0. The van der Waals surface area contributed by atoms with Crippen molar-refractivity contribution in [3.8, 4) is 5.69 Å². The summed E-state index contributed by atoms with van der Waals surface area (Å²) in [4.78, 5) is 2.26. The zero-order chi connectivity index (χ0) is 16.1. The molecule has 2 aromatic rings. The maximum Gasteiger partial charge on any atom is 0.232 e. The van der Waals surface area contributed by atoms with Crippen LogP contribution in [0, 0.1) is 6.92 Å². The average molecular weight is 332 g/mol. The Kier molecular flexibility index (Phi) is 5.56. The molecule has 1 saturated heterocycles. The summed E-state index contributed by atoms with van der Waals surface area (Å²) in [5.41, 5.74) is 2.39. The van der Waals surface area contributed by atoms with Gasteiger partial charge in [-0.15, -0.1) is 10.2 Å². The van der Waals surface area contributed by atoms with Crippen LogP contribution in [0.2, 0.25) is 0 Å². The molecule has 124 valence electrons. The maximum atomic E-state index is 5.46. The molecule has 0 saturated carbocycles. The Morgan fingerprint density at radius 3 is 2.57 bits per heavy atom. The first-order chi connectivity index (χ1) is 11.3. The molecule has 0 spiro atoms. The van der Waals surface area contributed by atoms with Crippen molar-refractivity contribution in [3.05, 3.63) is 29.8 Å². The highest BCUT2D eigenvalue weighted by Crippen LogP contribution is 2.27. The number of thioether (sulfide) groups is 1. The van der Waals surface area contributed by atoms with Crippen molar-refractivity contribution in [3.63, 3.8) is 0 Å². The highest BCUT2D eigenvalue weighted by atomic mass is 32.2. The second-order valence-electron chi connectivity index (χ2n) is 5.75. The standard InChI is InChI=1S/C17H24N4OS/c1-3-4-13-23-17-19-18-16(20-9-11-22-12-10-20)21(17)15-7-5-14(2)6-8-15/h5-8H,3-4,9-13H2,1-2H3. The minimum atomic E-state index is 0.749. The van der Waals surface area contributed by atoms with Crippen LogP contribution in [0.5, 0.6) is 0 Å². The lowest BCUT2D eigenvalue weighted by Crippen LogP contribution is -2.37. The molecule has 0 unspecified atom stereocenters. The topological polar surface area (TPSA) is 43.2 Å². The van der Waals surface area contributed by atoms with Crippen molar-refractivity contribution in [1.29, 1.82) is 0 Å². The average Bonchev–Trinajstić information content (AvgIpc) is 3.00. The van der Waals surface area contributed by atoms with Gasteiger partial charge in [0.25, 0.3) is 0 Å². The minimum absolute atomic E-state index is 0.749. The first-order valence-electron chi connectivity index (χ1n) is 8.27. The molecule has 1 aromatic carbocycles. The molecular formula is C17H24N4OS. The highest BCUT2D eigenvalue weighted by Gasteiger charge is 2.21. The van der Waals surface area contributed by atoms with Gasteiger partial charge in [0.15, 0.2) is 5.16 Å². The Labute approximate surface area is 142 Å². The smallest absolute Gasteiger partial charge is 0.232 e. The van der Waals surface area contributed by atoms with E-state index in [1.165, 1.54) is 18.4 Å². The summed E-state index contributed by atoms with van der Waals surface area (Å²) in [6.07, 6.45) is 2.39. The third-order valence-corrected chi connectivity index (χ3v) is 4.95. The van der Waals surface area contributed by atoms with Crippen LogP contribution in [0.15, 0.2) is 29.4 Å². The summed E-state index contributed by atoms with van der Waals surface area (Å²) >= 11 is 1.79. The van der Waals surface area contributed by atoms with Crippen LogP contribution < -0.4 is 4.90 Å². The van der Waals surface area contributed by atoms with Gasteiger partial charge in [-0.2, -0.15) is 0 Å². The van der Waals surface area contributed by atoms with Gasteiger partial charge in [-0.25, -0.2) is 0 Å². The lowest BCUT2D eigenvalue weighted by molar-refractivity contribution is 0.122. The summed E-state index contributed by atoms with van der Waals surface area (Å²) in [5, 5.41) is 9.91. The predicted octanol–water partition coefficient (Wildman–Crippen LogP) is 3.30. The summed E-state index contributed by atoms with van der Waals surface area (Å²) < 4.78 is 7.65. The van der Waals surface area contributed by atoms with E-state index in [9.17, 15) is 0 Å². The summed E-state index contributed by atoms with van der Waals surface area (Å²) in [6, 6.07) is 8.57. The predicted molar refractivity (Wildman–Crippen MR) is 94.8 cm³/mol. The fraction of sp³-hybridized carbons (Fsp3) is 0.529. The SMILES string of the molecule is CCCCSc1nnc(N2CCOCC2)n1-c1ccc(C)cc1. The van der Waals surface area contributed by atoms with Crippen molar-refractivity contribution in [2.45, 2.75) is 31.8 Å². The zero-order valence-corrected chi connectivity index (χ0v) is 14.7. The quantitative estimate of drug-likeness (QED) is 0.600. The first kappa shape index (κ1) is 16.3. The molecule has 5 nitrogen and oxygen atoms in total. The van der Waals surface area contributed by atoms with E-state index in [1.54, 1.807) is 11.8 Å². The van der Waals surface area contributed by atoms with Gasteiger partial charge in [0.05, 0.1) is 18.9 Å². The molecule has 1 aliphatic rings. The normalized spacial score (nSPS) is 15.1. The van der Waals surface area contributed by atoms with Crippen molar-refractivity contribution in [1.82, 2.24) is 14.8 Å². The number of aryl methyl sites for hydroxylation is 1. The molecular weight excluding hydrogens is 308 g/mol. The number of unbranched alkanes of at least 4 members (excludes halogenated alkanes) is 1. The Morgan fingerprint density at radius 2 is 1.87 bits per heavy atom. The monoisotopic (exact) mass is 332 g/mol. The van der Waals surface area contributed by atoms with Gasteiger partial charge in [-0.1, -0.05) is 42.8 Å². The van der Waals surface area contributed by atoms with E-state index in [2.05, 4.69) is 57.8 Å². The van der Waals surface area contributed by atoms with E-state index < -0.39 is 0 Å². The molecule has 0 atom stereocenters. The van der Waals surface area contributed by atoms with Crippen molar-refractivity contribution < 1.29 is 4.74 Å². The third-order valence-electron chi connectivity index (χ3n) is 3.93. The highest BCUT2D eigenvalue weighted by molar-refractivity contribution is 7.99. The van der Waals surface area contributed by atoms with E-state index in [0.717, 1.165) is 48.8 Å². The van der Waals surface area contributed by atoms with Crippen molar-refractivity contribution in [2.24, 2.45) is 0 Å². The number of aromatic nitrogens is 3. The van der Waals surface area contributed by atoms with Gasteiger partial charge >= 0.3 is 0 Å². The van der Waals surface area contributed by atoms with Crippen LogP contribution >= 0.6 is 11.8 Å². The summed E-state index contributed by atoms with van der Waals surface area (Å²) in [6.45, 7) is 7.55. The van der Waals surface area contributed by atoms with E-state index in [1.807, 2.05) is 0 Å². The Hall–Kier alpha value is -1.53. The number of anilines is 1. The second kappa shape index (κ2) is 7.84. The van der Waals surface area contributed by atoms with Crippen LogP contribution in [0.25, 0.3) is 5.69 Å². The van der Waals surface area contributed by atoms with Crippen LogP contribution in [0.3, 0.4) is 0 Å². The molecule has 0 amide bonds. The van der Waals surface area contributed by atoms with Gasteiger partial charge in [0.2, 0.25) is 5.95 Å². The first-order valence-corrected chi connectivity index (χ1v) is 9.26. The number of benzene rings is 1. The fourth-order valence-corrected chi connectivity index (χ4v) is 3.58. The van der Waals surface area contributed by atoms with E-state index in [-0.39, 0.29) is 0 Å². The lowest BCUT2D eigenvalue weighted by Gasteiger charge is -2.28. The number of hydrogen-bond acceptors (Lipinski definition) is 5. The van der Waals surface area contributed by atoms with Gasteiger partial charge in [0, 0.05) is 18.8 Å². The second-order valence-corrected chi connectivity index (χ2v) is 6.82. The molecule has 1 aromatic heterocycles. The van der Waals surface area contributed by atoms with Crippen LogP contribution in [-0.2, 0) is 4.74 Å².